The van der Waals surface area contributed by atoms with Crippen molar-refractivity contribution >= 4 is 0 Å². The van der Waals surface area contributed by atoms with Crippen molar-refractivity contribution in [2.45, 2.75) is 25.4 Å². The standard InChI is InChI=1S/C10H21FN2/c1-10(11,8-12-2)6-9-4-5-13(3)7-9/h9,12H,4-8H2,1-3H3. The van der Waals surface area contributed by atoms with E-state index < -0.39 is 5.67 Å². The van der Waals surface area contributed by atoms with Gasteiger partial charge < -0.3 is 10.2 Å². The van der Waals surface area contributed by atoms with Gasteiger partial charge in [-0.2, -0.15) is 0 Å². The van der Waals surface area contributed by atoms with Gasteiger partial charge in [-0.05, 0) is 46.3 Å². The maximum absolute atomic E-state index is 13.8. The van der Waals surface area contributed by atoms with Crippen molar-refractivity contribution in [3.8, 4) is 0 Å². The van der Waals surface area contributed by atoms with Crippen molar-refractivity contribution < 1.29 is 4.39 Å². The third-order valence-electron chi connectivity index (χ3n) is 2.75. The predicted octanol–water partition coefficient (Wildman–Crippen LogP) is 1.28. The molecule has 1 aliphatic rings. The highest BCUT2D eigenvalue weighted by Gasteiger charge is 2.30. The molecule has 0 aromatic heterocycles. The van der Waals surface area contributed by atoms with Gasteiger partial charge >= 0.3 is 0 Å². The van der Waals surface area contributed by atoms with Gasteiger partial charge in [0.2, 0.25) is 0 Å². The molecule has 0 radical (unpaired) electrons. The second kappa shape index (κ2) is 4.38. The second-order valence-electron chi connectivity index (χ2n) is 4.56. The molecule has 1 saturated heterocycles. The summed E-state index contributed by atoms with van der Waals surface area (Å²) >= 11 is 0. The fourth-order valence-corrected chi connectivity index (χ4v) is 2.24. The molecule has 0 spiro atoms. The highest BCUT2D eigenvalue weighted by atomic mass is 19.1. The predicted molar refractivity (Wildman–Crippen MR) is 53.7 cm³/mol. The molecule has 3 heteroatoms. The maximum Gasteiger partial charge on any atom is 0.120 e. The molecule has 2 nitrogen and oxygen atoms in total. The van der Waals surface area contributed by atoms with Crippen molar-refractivity contribution in [1.29, 1.82) is 0 Å². The molecule has 78 valence electrons. The van der Waals surface area contributed by atoms with E-state index in [1.54, 1.807) is 14.0 Å². The molecule has 13 heavy (non-hydrogen) atoms. The molecule has 0 saturated carbocycles. The van der Waals surface area contributed by atoms with Gasteiger partial charge in [0.1, 0.15) is 5.67 Å². The van der Waals surface area contributed by atoms with Crippen LogP contribution in [0.3, 0.4) is 0 Å². The first-order chi connectivity index (χ1) is 6.03. The molecule has 1 aliphatic heterocycles. The quantitative estimate of drug-likeness (QED) is 0.715. The van der Waals surface area contributed by atoms with Crippen LogP contribution in [0.15, 0.2) is 0 Å². The lowest BCUT2D eigenvalue weighted by molar-refractivity contribution is 0.146. The normalized spacial score (nSPS) is 29.1. The molecule has 0 aromatic carbocycles. The van der Waals surface area contributed by atoms with Crippen molar-refractivity contribution in [3.63, 3.8) is 0 Å². The number of hydrogen-bond donors (Lipinski definition) is 1. The third kappa shape index (κ3) is 3.61. The van der Waals surface area contributed by atoms with Crippen molar-refractivity contribution in [1.82, 2.24) is 10.2 Å². The van der Waals surface area contributed by atoms with Crippen LogP contribution in [0.5, 0.6) is 0 Å². The summed E-state index contributed by atoms with van der Waals surface area (Å²) in [4.78, 5) is 2.28. The van der Waals surface area contributed by atoms with Crippen molar-refractivity contribution in [2.75, 3.05) is 33.7 Å². The molecule has 1 heterocycles. The van der Waals surface area contributed by atoms with E-state index in [0.29, 0.717) is 18.9 Å². The Morgan fingerprint density at radius 1 is 1.62 bits per heavy atom. The average molecular weight is 188 g/mol. The van der Waals surface area contributed by atoms with Gasteiger partial charge in [-0.25, -0.2) is 4.39 Å². The molecular formula is C10H21FN2. The summed E-state index contributed by atoms with van der Waals surface area (Å²) in [6.45, 7) is 4.35. The van der Waals surface area contributed by atoms with Crippen molar-refractivity contribution in [3.05, 3.63) is 0 Å². The average Bonchev–Trinajstić information content (AvgIpc) is 2.34. The topological polar surface area (TPSA) is 15.3 Å². The van der Waals surface area contributed by atoms with E-state index in [-0.39, 0.29) is 0 Å². The molecule has 1 fully saturated rings. The van der Waals surface area contributed by atoms with Crippen LogP contribution in [0.2, 0.25) is 0 Å². The lowest BCUT2D eigenvalue weighted by atomic mass is 9.93. The van der Waals surface area contributed by atoms with E-state index in [1.165, 1.54) is 0 Å². The lowest BCUT2D eigenvalue weighted by Gasteiger charge is -2.23. The molecule has 0 aliphatic carbocycles. The van der Waals surface area contributed by atoms with Crippen LogP contribution in [-0.2, 0) is 0 Å². The Labute approximate surface area is 80.5 Å². The van der Waals surface area contributed by atoms with Gasteiger partial charge in [-0.1, -0.05) is 0 Å². The Morgan fingerprint density at radius 2 is 2.31 bits per heavy atom. The molecule has 2 unspecified atom stereocenters. The lowest BCUT2D eigenvalue weighted by Crippen LogP contribution is -2.34. The van der Waals surface area contributed by atoms with Gasteiger partial charge in [0.05, 0.1) is 0 Å². The van der Waals surface area contributed by atoms with Crippen LogP contribution < -0.4 is 5.32 Å². The summed E-state index contributed by atoms with van der Waals surface area (Å²) in [6.07, 6.45) is 1.85. The van der Waals surface area contributed by atoms with Gasteiger partial charge in [-0.3, -0.25) is 0 Å². The van der Waals surface area contributed by atoms with Crippen LogP contribution in [0, 0.1) is 5.92 Å². The first-order valence-corrected chi connectivity index (χ1v) is 5.05. The summed E-state index contributed by atoms with van der Waals surface area (Å²) in [5.74, 6) is 0.549. The number of alkyl halides is 1. The summed E-state index contributed by atoms with van der Waals surface area (Å²) in [5, 5.41) is 2.90. The van der Waals surface area contributed by atoms with Gasteiger partial charge in [0.15, 0.2) is 0 Å². The maximum atomic E-state index is 13.8. The largest absolute Gasteiger partial charge is 0.317 e. The minimum Gasteiger partial charge on any atom is -0.317 e. The molecular weight excluding hydrogens is 167 g/mol. The fourth-order valence-electron chi connectivity index (χ4n) is 2.24. The minimum atomic E-state index is -1.04. The zero-order valence-electron chi connectivity index (χ0n) is 8.94. The van der Waals surface area contributed by atoms with Crippen LogP contribution in [0.4, 0.5) is 4.39 Å². The van der Waals surface area contributed by atoms with Crippen molar-refractivity contribution in [2.24, 2.45) is 5.92 Å². The van der Waals surface area contributed by atoms with E-state index in [0.717, 1.165) is 19.5 Å². The second-order valence-corrected chi connectivity index (χ2v) is 4.56. The van der Waals surface area contributed by atoms with E-state index in [2.05, 4.69) is 17.3 Å². The molecule has 1 rings (SSSR count). The van der Waals surface area contributed by atoms with Crippen LogP contribution in [-0.4, -0.2) is 44.3 Å². The Bertz CT molecular complexity index is 159. The minimum absolute atomic E-state index is 0.465. The molecule has 2 atom stereocenters. The summed E-state index contributed by atoms with van der Waals surface area (Å²) < 4.78 is 13.8. The van der Waals surface area contributed by atoms with E-state index in [1.807, 2.05) is 0 Å². The Hall–Kier alpha value is -0.150. The molecule has 0 bridgehead atoms. The fraction of sp³-hybridized carbons (Fsp3) is 1.00. The summed E-state index contributed by atoms with van der Waals surface area (Å²) in [6, 6.07) is 0. The highest BCUT2D eigenvalue weighted by molar-refractivity contribution is 4.83. The van der Waals surface area contributed by atoms with Gasteiger partial charge in [0, 0.05) is 13.1 Å². The van der Waals surface area contributed by atoms with Gasteiger partial charge in [0.25, 0.3) is 0 Å². The smallest absolute Gasteiger partial charge is 0.120 e. The van der Waals surface area contributed by atoms with E-state index in [4.69, 9.17) is 0 Å². The zero-order valence-corrected chi connectivity index (χ0v) is 8.94. The van der Waals surface area contributed by atoms with E-state index in [9.17, 15) is 4.39 Å². The Morgan fingerprint density at radius 3 is 2.77 bits per heavy atom. The first kappa shape index (κ1) is 10.9. The third-order valence-corrected chi connectivity index (χ3v) is 2.75. The Balaban J connectivity index is 2.30. The number of halogens is 1. The summed E-state index contributed by atoms with van der Waals surface area (Å²) in [7, 11) is 3.91. The Kier molecular flexibility index (Phi) is 3.68. The summed E-state index contributed by atoms with van der Waals surface area (Å²) in [5.41, 5.74) is -1.04. The van der Waals surface area contributed by atoms with E-state index >= 15 is 0 Å². The number of nitrogens with zero attached hydrogens (tertiary/aromatic N) is 1. The number of likely N-dealkylation sites (tertiary alicyclic amines) is 1. The highest BCUT2D eigenvalue weighted by Crippen LogP contribution is 2.26. The van der Waals surface area contributed by atoms with Crippen LogP contribution >= 0.6 is 0 Å². The van der Waals surface area contributed by atoms with Crippen LogP contribution in [0.25, 0.3) is 0 Å². The molecule has 1 N–H and O–H groups in total. The molecule has 0 amide bonds. The SMILES string of the molecule is CNCC(C)(F)CC1CCN(C)C1. The number of rotatable bonds is 4. The van der Waals surface area contributed by atoms with Gasteiger partial charge in [-0.15, -0.1) is 0 Å². The number of hydrogen-bond acceptors (Lipinski definition) is 2. The monoisotopic (exact) mass is 188 g/mol. The zero-order chi connectivity index (χ0) is 9.90. The van der Waals surface area contributed by atoms with Crippen LogP contribution in [0.1, 0.15) is 19.8 Å². The number of nitrogens with one attached hydrogen (secondary N) is 1. The molecule has 0 aromatic rings. The first-order valence-electron chi connectivity index (χ1n) is 5.05.